The summed E-state index contributed by atoms with van der Waals surface area (Å²) in [6, 6.07) is 21.6. The molecule has 0 saturated carbocycles. The molecule has 2 unspecified atom stereocenters. The van der Waals surface area contributed by atoms with Crippen LogP contribution in [0.4, 0.5) is 49.4 Å². The molecule has 3 saturated heterocycles. The molecule has 2 atom stereocenters. The van der Waals surface area contributed by atoms with Gasteiger partial charge in [-0.15, -0.1) is 0 Å². The number of nitrogens with one attached hydrogen (secondary N) is 2. The summed E-state index contributed by atoms with van der Waals surface area (Å²) < 4.78 is 94.1. The second-order valence-electron chi connectivity index (χ2n) is 18.7. The highest BCUT2D eigenvalue weighted by Crippen LogP contribution is 2.34. The fraction of sp³-hybridized carbons (Fsp3) is 0.396. The van der Waals surface area contributed by atoms with Gasteiger partial charge >= 0.3 is 12.4 Å². The standard InChI is InChI=1S/C53H56F6N8O5/c1-33-29-46(66-21-17-39(18-22-66)65-19-3-4-20-65)62-44-15-9-37(31-42(33)44)60-50(69)48(71-40-11-5-35(6-12-40)52(54,55)56)49(72-41-13-7-36(8-14-41)53(57,58)59)51(70)61-38-10-16-45-43(32-38)34(2)30-47(63-45)67-25-23-64(24-26-67)27-28-68/h5-16,29-32,39,48-49,68H,3-4,17-28H2,1-2H3,(H,60,69)(H,61,70). The number of anilines is 4. The summed E-state index contributed by atoms with van der Waals surface area (Å²) in [7, 11) is 0. The summed E-state index contributed by atoms with van der Waals surface area (Å²) in [4.78, 5) is 48.4. The Kier molecular flexibility index (Phi) is 14.8. The number of halogens is 6. The maximum absolute atomic E-state index is 14.7. The molecule has 9 rings (SSSR count). The fourth-order valence-corrected chi connectivity index (χ4v) is 9.81. The maximum atomic E-state index is 14.7. The number of rotatable bonds is 14. The van der Waals surface area contributed by atoms with E-state index in [0.29, 0.717) is 42.1 Å². The van der Waals surface area contributed by atoms with E-state index in [-0.39, 0.29) is 29.5 Å². The van der Waals surface area contributed by atoms with Crippen molar-refractivity contribution in [1.29, 1.82) is 0 Å². The third kappa shape index (κ3) is 11.6. The maximum Gasteiger partial charge on any atom is 0.416 e. The van der Waals surface area contributed by atoms with E-state index >= 15 is 0 Å². The van der Waals surface area contributed by atoms with Gasteiger partial charge in [0.2, 0.25) is 12.2 Å². The highest BCUT2D eigenvalue weighted by Gasteiger charge is 2.40. The molecule has 2 amide bonds. The summed E-state index contributed by atoms with van der Waals surface area (Å²) in [5, 5.41) is 16.4. The summed E-state index contributed by atoms with van der Waals surface area (Å²) in [5.74, 6) is -0.754. The Balaban J connectivity index is 1.01. The second-order valence-corrected chi connectivity index (χ2v) is 18.7. The summed E-state index contributed by atoms with van der Waals surface area (Å²) in [5.41, 5.74) is 1.60. The molecular weight excluding hydrogens is 943 g/mol. The molecule has 2 aromatic heterocycles. The van der Waals surface area contributed by atoms with Crippen LogP contribution < -0.4 is 29.9 Å². The van der Waals surface area contributed by atoms with E-state index in [4.69, 9.17) is 19.4 Å². The number of hydrogen-bond donors (Lipinski definition) is 3. The predicted octanol–water partition coefficient (Wildman–Crippen LogP) is 9.09. The van der Waals surface area contributed by atoms with Gasteiger partial charge in [0.05, 0.1) is 28.8 Å². The van der Waals surface area contributed by atoms with E-state index in [1.165, 1.54) is 12.8 Å². The number of alkyl halides is 6. The molecule has 19 heteroatoms. The second kappa shape index (κ2) is 21.2. The van der Waals surface area contributed by atoms with E-state index in [9.17, 15) is 41.0 Å². The number of fused-ring (bicyclic) bond motifs is 2. The molecule has 72 heavy (non-hydrogen) atoms. The molecule has 0 bridgehead atoms. The van der Waals surface area contributed by atoms with Crippen LogP contribution in [0.1, 0.15) is 47.9 Å². The van der Waals surface area contributed by atoms with Crippen molar-refractivity contribution in [3.63, 3.8) is 0 Å². The number of hydrogen-bond acceptors (Lipinski definition) is 11. The van der Waals surface area contributed by atoms with Gasteiger partial charge in [0.15, 0.2) is 0 Å². The minimum Gasteiger partial charge on any atom is -0.476 e. The van der Waals surface area contributed by atoms with Gasteiger partial charge in [-0.05, 0) is 161 Å². The molecule has 3 aliphatic rings. The van der Waals surface area contributed by atoms with E-state index in [1.807, 2.05) is 26.0 Å². The number of aryl methyl sites for hydroxylation is 2. The molecule has 380 valence electrons. The zero-order valence-electron chi connectivity index (χ0n) is 39.9. The highest BCUT2D eigenvalue weighted by molar-refractivity contribution is 6.04. The topological polar surface area (TPSA) is 136 Å². The van der Waals surface area contributed by atoms with Crippen molar-refractivity contribution >= 4 is 56.6 Å². The smallest absolute Gasteiger partial charge is 0.416 e. The quantitative estimate of drug-likeness (QED) is 0.0903. The molecule has 6 aromatic rings. The first-order valence-electron chi connectivity index (χ1n) is 24.2. The van der Waals surface area contributed by atoms with Crippen molar-refractivity contribution in [2.45, 2.75) is 70.1 Å². The highest BCUT2D eigenvalue weighted by atomic mass is 19.4. The molecule has 0 radical (unpaired) electrons. The van der Waals surface area contributed by atoms with Crippen molar-refractivity contribution in [2.75, 3.05) is 85.9 Å². The molecule has 3 fully saturated rings. The number of aliphatic hydroxyl groups excluding tert-OH is 1. The zero-order valence-corrected chi connectivity index (χ0v) is 39.9. The van der Waals surface area contributed by atoms with Crippen LogP contribution in [0.2, 0.25) is 0 Å². The van der Waals surface area contributed by atoms with Crippen LogP contribution in [0.15, 0.2) is 97.1 Å². The molecule has 5 heterocycles. The third-order valence-corrected chi connectivity index (χ3v) is 13.8. The Morgan fingerprint density at radius 3 is 1.46 bits per heavy atom. The number of amides is 2. The van der Waals surface area contributed by atoms with Crippen LogP contribution in [-0.2, 0) is 21.9 Å². The van der Waals surface area contributed by atoms with Crippen LogP contribution in [0, 0.1) is 13.8 Å². The van der Waals surface area contributed by atoms with E-state index < -0.39 is 47.5 Å². The van der Waals surface area contributed by atoms with E-state index in [1.54, 1.807) is 36.4 Å². The molecule has 4 aromatic carbocycles. The Bertz CT molecular complexity index is 2880. The molecular formula is C53H56F6N8O5. The Morgan fingerprint density at radius 2 is 1.04 bits per heavy atom. The Morgan fingerprint density at radius 1 is 0.611 bits per heavy atom. The van der Waals surface area contributed by atoms with Crippen LogP contribution in [0.5, 0.6) is 11.5 Å². The number of carbonyl (C=O) groups excluding carboxylic acids is 2. The fourth-order valence-electron chi connectivity index (χ4n) is 9.81. The number of β-amino-alcohol motifs (C(OH)–C–C–N with tert-alkyl or cyclic N) is 1. The minimum atomic E-state index is -4.69. The van der Waals surface area contributed by atoms with Crippen LogP contribution in [0.3, 0.4) is 0 Å². The normalized spacial score (nSPS) is 17.3. The summed E-state index contributed by atoms with van der Waals surface area (Å²) in [6.45, 7) is 11.5. The third-order valence-electron chi connectivity index (χ3n) is 13.8. The van der Waals surface area contributed by atoms with Crippen LogP contribution >= 0.6 is 0 Å². The van der Waals surface area contributed by atoms with Crippen molar-refractivity contribution in [1.82, 2.24) is 19.8 Å². The number of ether oxygens (including phenoxy) is 2. The van der Waals surface area contributed by atoms with Gasteiger partial charge in [0.25, 0.3) is 11.8 Å². The zero-order chi connectivity index (χ0) is 50.7. The molecule has 0 spiro atoms. The average molecular weight is 999 g/mol. The van der Waals surface area contributed by atoms with Gasteiger partial charge in [-0.1, -0.05) is 0 Å². The lowest BCUT2D eigenvalue weighted by atomic mass is 10.0. The molecule has 3 aliphatic heterocycles. The van der Waals surface area contributed by atoms with Gasteiger partial charge in [-0.3, -0.25) is 14.5 Å². The number of benzene rings is 4. The van der Waals surface area contributed by atoms with Crippen LogP contribution in [-0.4, -0.2) is 120 Å². The van der Waals surface area contributed by atoms with Gasteiger partial charge in [-0.25, -0.2) is 9.97 Å². The lowest BCUT2D eigenvalue weighted by Gasteiger charge is -2.37. The van der Waals surface area contributed by atoms with Gasteiger partial charge in [0.1, 0.15) is 23.1 Å². The predicted molar refractivity (Wildman–Crippen MR) is 264 cm³/mol. The van der Waals surface area contributed by atoms with Gasteiger partial charge in [0, 0.05) is 74.0 Å². The first-order valence-corrected chi connectivity index (χ1v) is 24.2. The summed E-state index contributed by atoms with van der Waals surface area (Å²) >= 11 is 0. The number of nitrogens with zero attached hydrogens (tertiary/aromatic N) is 6. The first kappa shape index (κ1) is 50.2. The Hall–Kier alpha value is -6.70. The van der Waals surface area contributed by atoms with Crippen molar-refractivity contribution in [3.8, 4) is 11.5 Å². The van der Waals surface area contributed by atoms with E-state index in [0.717, 1.165) is 129 Å². The SMILES string of the molecule is Cc1cc(N2CCC(N3CCCC3)CC2)nc2ccc(NC(=O)C(Oc3ccc(C(F)(F)F)cc3)C(Oc3ccc(C(F)(F)F)cc3)C(=O)Nc3ccc4nc(N5CCN(CCO)CC5)cc(C)c4c3)cc12. The average Bonchev–Trinajstić information content (AvgIpc) is 3.91. The lowest BCUT2D eigenvalue weighted by Crippen LogP contribution is -2.51. The van der Waals surface area contributed by atoms with Crippen molar-refractivity contribution < 1.29 is 50.5 Å². The van der Waals surface area contributed by atoms with Crippen molar-refractivity contribution in [2.24, 2.45) is 0 Å². The number of aromatic nitrogens is 2. The Labute approximate surface area is 412 Å². The number of piperidine rings is 1. The largest absolute Gasteiger partial charge is 0.476 e. The minimum absolute atomic E-state index is 0.0801. The monoisotopic (exact) mass is 998 g/mol. The molecule has 13 nitrogen and oxygen atoms in total. The van der Waals surface area contributed by atoms with Crippen LogP contribution in [0.25, 0.3) is 21.8 Å². The number of likely N-dealkylation sites (tertiary alicyclic amines) is 1. The number of pyridine rings is 2. The number of aliphatic hydroxyl groups is 1. The first-order chi connectivity index (χ1) is 34.5. The molecule has 3 N–H and O–H groups in total. The van der Waals surface area contributed by atoms with Gasteiger partial charge < -0.3 is 39.9 Å². The lowest BCUT2D eigenvalue weighted by molar-refractivity contribution is -0.138. The number of carbonyl (C=O) groups is 2. The summed E-state index contributed by atoms with van der Waals surface area (Å²) in [6.07, 6.45) is -8.70. The molecule has 0 aliphatic carbocycles. The van der Waals surface area contributed by atoms with E-state index in [2.05, 4.69) is 30.2 Å². The number of piperazine rings is 1. The van der Waals surface area contributed by atoms with Gasteiger partial charge in [-0.2, -0.15) is 26.3 Å². The van der Waals surface area contributed by atoms with Crippen molar-refractivity contribution in [3.05, 3.63) is 119 Å².